The number of carboxylic acid groups (broad SMARTS) is 1. The molecule has 0 aliphatic rings. The average Bonchev–Trinajstić information content (AvgIpc) is 2.98. The minimum absolute atomic E-state index is 0.637. The van der Waals surface area contributed by atoms with Gasteiger partial charge in [-0.15, -0.1) is 11.3 Å². The Hall–Kier alpha value is -2.17. The van der Waals surface area contributed by atoms with Gasteiger partial charge in [-0.05, 0) is 17.7 Å². The van der Waals surface area contributed by atoms with E-state index in [9.17, 15) is 9.90 Å². The molecule has 110 valence electrons. The summed E-state index contributed by atoms with van der Waals surface area (Å²) in [6, 6.07) is 16.5. The Bertz CT molecular complexity index is 784. The molecule has 0 spiro atoms. The summed E-state index contributed by atoms with van der Waals surface area (Å²) in [4.78, 5) is 16.9. The summed E-state index contributed by atoms with van der Waals surface area (Å²) < 4.78 is 0. The molecule has 1 aromatic heterocycles. The fourth-order valence-electron chi connectivity index (χ4n) is 2.34. The van der Waals surface area contributed by atoms with Crippen LogP contribution in [0.1, 0.15) is 16.4 Å². The highest BCUT2D eigenvalue weighted by molar-refractivity contribution is 7.10. The lowest BCUT2D eigenvalue weighted by atomic mass is 9.95. The van der Waals surface area contributed by atoms with Crippen molar-refractivity contribution in [1.29, 1.82) is 0 Å². The second-order valence-corrected chi connectivity index (χ2v) is 6.08. The van der Waals surface area contributed by atoms with Crippen LogP contribution in [0.5, 0.6) is 0 Å². The molecule has 0 saturated heterocycles. The number of thiazole rings is 1. The van der Waals surface area contributed by atoms with Gasteiger partial charge in [-0.1, -0.05) is 54.1 Å². The minimum atomic E-state index is -0.884. The van der Waals surface area contributed by atoms with Gasteiger partial charge < -0.3 is 5.11 Å². The van der Waals surface area contributed by atoms with Crippen LogP contribution in [0.25, 0.3) is 11.3 Å². The van der Waals surface area contributed by atoms with Crippen LogP contribution in [0.4, 0.5) is 0 Å². The van der Waals surface area contributed by atoms with Crippen molar-refractivity contribution in [3.63, 3.8) is 0 Å². The monoisotopic (exact) mass is 329 g/mol. The van der Waals surface area contributed by atoms with Crippen molar-refractivity contribution >= 4 is 28.9 Å². The second-order valence-electron chi connectivity index (χ2n) is 4.75. The average molecular weight is 330 g/mol. The lowest BCUT2D eigenvalue weighted by Gasteiger charge is -2.13. The van der Waals surface area contributed by atoms with Crippen LogP contribution in [0.2, 0.25) is 5.02 Å². The van der Waals surface area contributed by atoms with Gasteiger partial charge in [0.25, 0.3) is 0 Å². The molecule has 1 atom stereocenters. The molecule has 3 nitrogen and oxygen atoms in total. The van der Waals surface area contributed by atoms with Crippen molar-refractivity contribution in [1.82, 2.24) is 4.98 Å². The maximum atomic E-state index is 11.8. The number of rotatable bonds is 4. The van der Waals surface area contributed by atoms with E-state index >= 15 is 0 Å². The van der Waals surface area contributed by atoms with E-state index in [1.807, 2.05) is 42.5 Å². The van der Waals surface area contributed by atoms with Gasteiger partial charge in [0.05, 0.1) is 16.1 Å². The molecule has 2 aromatic carbocycles. The van der Waals surface area contributed by atoms with Gasteiger partial charge in [0, 0.05) is 10.6 Å². The predicted molar refractivity (Wildman–Crippen MR) is 88.5 cm³/mol. The molecule has 0 saturated carbocycles. The molecule has 22 heavy (non-hydrogen) atoms. The minimum Gasteiger partial charge on any atom is -0.481 e. The Labute approximate surface area is 136 Å². The van der Waals surface area contributed by atoms with Gasteiger partial charge >= 0.3 is 5.97 Å². The standard InChI is InChI=1S/C17H12ClNO2S/c18-13-8-6-12(7-9-13)15-16(22-10-19-15)14(17(20)21)11-4-2-1-3-5-11/h1-10,14H,(H,20,21). The first-order valence-electron chi connectivity index (χ1n) is 6.64. The molecule has 0 aliphatic carbocycles. The van der Waals surface area contributed by atoms with E-state index in [4.69, 9.17) is 11.6 Å². The van der Waals surface area contributed by atoms with Crippen LogP contribution in [0, 0.1) is 0 Å². The van der Waals surface area contributed by atoms with Gasteiger partial charge in [-0.2, -0.15) is 0 Å². The smallest absolute Gasteiger partial charge is 0.316 e. The van der Waals surface area contributed by atoms with Crippen molar-refractivity contribution < 1.29 is 9.90 Å². The van der Waals surface area contributed by atoms with E-state index < -0.39 is 11.9 Å². The van der Waals surface area contributed by atoms with Crippen LogP contribution in [-0.2, 0) is 4.79 Å². The molecule has 0 bridgehead atoms. The summed E-state index contributed by atoms with van der Waals surface area (Å²) in [6.45, 7) is 0. The Morgan fingerprint density at radius 2 is 1.77 bits per heavy atom. The molecule has 1 unspecified atom stereocenters. The summed E-state index contributed by atoms with van der Waals surface area (Å²) in [5, 5.41) is 10.3. The van der Waals surface area contributed by atoms with Crippen LogP contribution in [0.3, 0.4) is 0 Å². The fraction of sp³-hybridized carbons (Fsp3) is 0.0588. The van der Waals surface area contributed by atoms with Crippen molar-refractivity contribution in [3.8, 4) is 11.3 Å². The van der Waals surface area contributed by atoms with Gasteiger partial charge in [0.1, 0.15) is 5.92 Å². The lowest BCUT2D eigenvalue weighted by Crippen LogP contribution is -2.12. The number of aliphatic carboxylic acids is 1. The summed E-state index contributed by atoms with van der Waals surface area (Å²) in [5.41, 5.74) is 3.98. The SMILES string of the molecule is O=C(O)C(c1ccccc1)c1scnc1-c1ccc(Cl)cc1. The number of benzene rings is 2. The zero-order chi connectivity index (χ0) is 15.5. The quantitative estimate of drug-likeness (QED) is 0.756. The maximum absolute atomic E-state index is 11.8. The number of carboxylic acids is 1. The predicted octanol–water partition coefficient (Wildman–Crippen LogP) is 4.68. The third kappa shape index (κ3) is 2.89. The first-order chi connectivity index (χ1) is 10.7. The molecule has 0 radical (unpaired) electrons. The highest BCUT2D eigenvalue weighted by atomic mass is 35.5. The molecular formula is C17H12ClNO2S. The van der Waals surface area contributed by atoms with Crippen molar-refractivity contribution in [2.24, 2.45) is 0 Å². The first kappa shape index (κ1) is 14.8. The number of hydrogen-bond donors (Lipinski definition) is 1. The van der Waals surface area contributed by atoms with E-state index in [2.05, 4.69) is 4.98 Å². The molecule has 0 fully saturated rings. The van der Waals surface area contributed by atoms with Gasteiger partial charge in [0.15, 0.2) is 0 Å². The Balaban J connectivity index is 2.09. The Morgan fingerprint density at radius 1 is 1.09 bits per heavy atom. The van der Waals surface area contributed by atoms with Crippen molar-refractivity contribution in [2.45, 2.75) is 5.92 Å². The summed E-state index contributed by atoms with van der Waals surface area (Å²) in [7, 11) is 0. The van der Waals surface area contributed by atoms with E-state index in [1.165, 1.54) is 11.3 Å². The number of aromatic nitrogens is 1. The maximum Gasteiger partial charge on any atom is 0.316 e. The first-order valence-corrected chi connectivity index (χ1v) is 7.89. The highest BCUT2D eigenvalue weighted by Gasteiger charge is 2.27. The molecule has 1 N–H and O–H groups in total. The normalized spacial score (nSPS) is 12.0. The lowest BCUT2D eigenvalue weighted by molar-refractivity contribution is -0.137. The molecule has 3 rings (SSSR count). The Kier molecular flexibility index (Phi) is 4.22. The third-order valence-corrected chi connectivity index (χ3v) is 4.50. The van der Waals surface area contributed by atoms with Crippen molar-refractivity contribution in [2.75, 3.05) is 0 Å². The largest absolute Gasteiger partial charge is 0.481 e. The zero-order valence-corrected chi connectivity index (χ0v) is 13.0. The molecule has 3 aromatic rings. The number of carbonyl (C=O) groups is 1. The summed E-state index contributed by atoms with van der Waals surface area (Å²) in [5.74, 6) is -1.61. The summed E-state index contributed by atoms with van der Waals surface area (Å²) >= 11 is 7.26. The number of halogens is 1. The van der Waals surface area contributed by atoms with Gasteiger partial charge in [-0.25, -0.2) is 4.98 Å². The van der Waals surface area contributed by atoms with Gasteiger partial charge in [-0.3, -0.25) is 4.79 Å². The Morgan fingerprint density at radius 3 is 2.41 bits per heavy atom. The topological polar surface area (TPSA) is 50.2 Å². The van der Waals surface area contributed by atoms with E-state index in [1.54, 1.807) is 17.6 Å². The fourth-order valence-corrected chi connectivity index (χ4v) is 3.39. The summed E-state index contributed by atoms with van der Waals surface area (Å²) in [6.07, 6.45) is 0. The van der Waals surface area contributed by atoms with E-state index in [0.717, 1.165) is 16.0 Å². The van der Waals surface area contributed by atoms with Crippen LogP contribution >= 0.6 is 22.9 Å². The van der Waals surface area contributed by atoms with Crippen LogP contribution < -0.4 is 0 Å². The van der Waals surface area contributed by atoms with Crippen molar-refractivity contribution in [3.05, 3.63) is 75.6 Å². The zero-order valence-electron chi connectivity index (χ0n) is 11.4. The second kappa shape index (κ2) is 6.30. The third-order valence-electron chi connectivity index (χ3n) is 3.35. The molecule has 0 amide bonds. The van der Waals surface area contributed by atoms with Gasteiger partial charge in [0.2, 0.25) is 0 Å². The van der Waals surface area contributed by atoms with E-state index in [-0.39, 0.29) is 0 Å². The van der Waals surface area contributed by atoms with Crippen LogP contribution in [0.15, 0.2) is 60.1 Å². The molecule has 5 heteroatoms. The molecule has 0 aliphatic heterocycles. The molecular weight excluding hydrogens is 318 g/mol. The van der Waals surface area contributed by atoms with Crippen LogP contribution in [-0.4, -0.2) is 16.1 Å². The highest BCUT2D eigenvalue weighted by Crippen LogP contribution is 2.36. The number of hydrogen-bond acceptors (Lipinski definition) is 3. The number of nitrogens with zero attached hydrogens (tertiary/aromatic N) is 1. The molecule has 1 heterocycles. The van der Waals surface area contributed by atoms with E-state index in [0.29, 0.717) is 10.7 Å².